The van der Waals surface area contributed by atoms with E-state index in [-0.39, 0.29) is 17.9 Å². The van der Waals surface area contributed by atoms with Crippen molar-refractivity contribution in [1.82, 2.24) is 5.43 Å². The molecule has 0 bridgehead atoms. The molecule has 0 fully saturated rings. The molecule has 1 atom stereocenters. The lowest BCUT2D eigenvalue weighted by atomic mass is 10.2. The molecule has 2 N–H and O–H groups in total. The van der Waals surface area contributed by atoms with Crippen LogP contribution in [0.3, 0.4) is 0 Å². The third-order valence-corrected chi connectivity index (χ3v) is 3.68. The van der Waals surface area contributed by atoms with Crippen molar-refractivity contribution in [3.63, 3.8) is 0 Å². The van der Waals surface area contributed by atoms with Gasteiger partial charge in [0.15, 0.2) is 17.2 Å². The molecule has 10 heteroatoms. The minimum absolute atomic E-state index is 0.0247. The Labute approximate surface area is 153 Å². The van der Waals surface area contributed by atoms with Crippen molar-refractivity contribution in [1.29, 1.82) is 0 Å². The fraction of sp³-hybridized carbons (Fsp3) is 0.176. The topological polar surface area (TPSA) is 133 Å². The van der Waals surface area contributed by atoms with Gasteiger partial charge in [0.25, 0.3) is 5.91 Å². The Bertz CT molecular complexity index is 913. The summed E-state index contributed by atoms with van der Waals surface area (Å²) in [5.74, 6) is -0.214. The molecule has 1 amide bonds. The minimum atomic E-state index is -0.888. The van der Waals surface area contributed by atoms with Crippen LogP contribution in [0.4, 0.5) is 5.69 Å². The Kier molecular flexibility index (Phi) is 5.06. The highest BCUT2D eigenvalue weighted by atomic mass is 16.6. The van der Waals surface area contributed by atoms with E-state index in [0.717, 1.165) is 6.07 Å². The van der Waals surface area contributed by atoms with Crippen LogP contribution in [0.5, 0.6) is 23.0 Å². The Morgan fingerprint density at radius 3 is 2.85 bits per heavy atom. The minimum Gasteiger partial charge on any atom is -0.500 e. The predicted molar refractivity (Wildman–Crippen MR) is 93.4 cm³/mol. The molecule has 0 saturated carbocycles. The average Bonchev–Trinajstić information content (AvgIpc) is 2.68. The van der Waals surface area contributed by atoms with Crippen molar-refractivity contribution in [2.45, 2.75) is 6.10 Å². The van der Waals surface area contributed by atoms with E-state index in [2.05, 4.69) is 10.5 Å². The summed E-state index contributed by atoms with van der Waals surface area (Å²) < 4.78 is 15.9. The zero-order valence-electron chi connectivity index (χ0n) is 14.1. The Hall–Kier alpha value is -3.82. The first-order valence-electron chi connectivity index (χ1n) is 7.76. The van der Waals surface area contributed by atoms with Gasteiger partial charge < -0.3 is 19.3 Å². The second kappa shape index (κ2) is 7.60. The molecule has 0 radical (unpaired) electrons. The number of hydrogen-bond acceptors (Lipinski definition) is 8. The van der Waals surface area contributed by atoms with Crippen LogP contribution >= 0.6 is 0 Å². The highest BCUT2D eigenvalue weighted by Crippen LogP contribution is 2.36. The van der Waals surface area contributed by atoms with Gasteiger partial charge in [0.2, 0.25) is 11.9 Å². The second-order valence-electron chi connectivity index (χ2n) is 5.45. The summed E-state index contributed by atoms with van der Waals surface area (Å²) in [6.45, 7) is 0.0247. The number of nitrogens with zero attached hydrogens (tertiary/aromatic N) is 2. The van der Waals surface area contributed by atoms with Crippen LogP contribution in [0.15, 0.2) is 41.5 Å². The van der Waals surface area contributed by atoms with Gasteiger partial charge in [0, 0.05) is 11.6 Å². The lowest BCUT2D eigenvalue weighted by Gasteiger charge is -2.24. The molecule has 2 aromatic rings. The summed E-state index contributed by atoms with van der Waals surface area (Å²) >= 11 is 0. The van der Waals surface area contributed by atoms with Crippen molar-refractivity contribution in [3.8, 4) is 23.0 Å². The molecule has 1 aliphatic rings. The summed E-state index contributed by atoms with van der Waals surface area (Å²) in [5.41, 5.74) is 2.00. The quantitative estimate of drug-likeness (QED) is 0.462. The second-order valence-corrected chi connectivity index (χ2v) is 5.45. The van der Waals surface area contributed by atoms with Crippen LogP contribution in [0.25, 0.3) is 0 Å². The number of nitro benzene ring substituents is 1. The highest BCUT2D eigenvalue weighted by Gasteiger charge is 2.27. The maximum Gasteiger partial charge on any atom is 0.315 e. The Morgan fingerprint density at radius 1 is 1.41 bits per heavy atom. The normalized spacial score (nSPS) is 15.4. The lowest BCUT2D eigenvalue weighted by molar-refractivity contribution is -0.386. The number of ether oxygens (including phenoxy) is 3. The van der Waals surface area contributed by atoms with Gasteiger partial charge in [-0.1, -0.05) is 12.1 Å². The first kappa shape index (κ1) is 18.0. The first-order chi connectivity index (χ1) is 13.0. The lowest BCUT2D eigenvalue weighted by Crippen LogP contribution is -2.42. The smallest absolute Gasteiger partial charge is 0.315 e. The monoisotopic (exact) mass is 373 g/mol. The number of nitrogens with one attached hydrogen (secondary N) is 1. The van der Waals surface area contributed by atoms with E-state index in [1.807, 2.05) is 0 Å². The van der Waals surface area contributed by atoms with Gasteiger partial charge in [-0.3, -0.25) is 14.9 Å². The fourth-order valence-electron chi connectivity index (χ4n) is 2.37. The molecule has 0 aliphatic carbocycles. The number of rotatable bonds is 5. The largest absolute Gasteiger partial charge is 0.500 e. The van der Waals surface area contributed by atoms with Crippen molar-refractivity contribution in [3.05, 3.63) is 52.1 Å². The number of carbonyl (C=O) groups excluding carboxylic acids is 1. The van der Waals surface area contributed by atoms with Gasteiger partial charge in [-0.05, 0) is 18.2 Å². The average molecular weight is 373 g/mol. The van der Waals surface area contributed by atoms with Gasteiger partial charge >= 0.3 is 5.69 Å². The maximum absolute atomic E-state index is 12.1. The number of para-hydroxylation sites is 2. The first-order valence-corrected chi connectivity index (χ1v) is 7.76. The van der Waals surface area contributed by atoms with Crippen molar-refractivity contribution in [2.24, 2.45) is 5.10 Å². The number of fused-ring (bicyclic) bond motifs is 1. The number of hydrazone groups is 1. The third kappa shape index (κ3) is 3.89. The molecule has 0 spiro atoms. The predicted octanol–water partition coefficient (Wildman–Crippen LogP) is 1.60. The number of hydrogen-bond donors (Lipinski definition) is 2. The van der Waals surface area contributed by atoms with E-state index in [1.54, 1.807) is 24.3 Å². The highest BCUT2D eigenvalue weighted by molar-refractivity contribution is 5.86. The zero-order valence-corrected chi connectivity index (χ0v) is 14.1. The van der Waals surface area contributed by atoms with Crippen molar-refractivity contribution >= 4 is 17.8 Å². The van der Waals surface area contributed by atoms with E-state index in [1.165, 1.54) is 19.4 Å². The van der Waals surface area contributed by atoms with Gasteiger partial charge in [0.1, 0.15) is 6.61 Å². The summed E-state index contributed by atoms with van der Waals surface area (Å²) in [7, 11) is 1.26. The SMILES string of the molecule is COc1cc(/C=N/NC(=O)[C@@H]2COc3ccccc3O2)cc([N+](=O)[O-])c1O. The molecule has 0 unspecified atom stereocenters. The molecule has 3 rings (SSSR count). The summed E-state index contributed by atoms with van der Waals surface area (Å²) in [6, 6.07) is 9.40. The van der Waals surface area contributed by atoms with Crippen LogP contribution in [-0.2, 0) is 4.79 Å². The number of phenols is 1. The van der Waals surface area contributed by atoms with Gasteiger partial charge in [-0.15, -0.1) is 0 Å². The Balaban J connectivity index is 1.68. The third-order valence-electron chi connectivity index (χ3n) is 3.68. The van der Waals surface area contributed by atoms with Gasteiger partial charge in [-0.2, -0.15) is 5.10 Å². The van der Waals surface area contributed by atoms with Gasteiger partial charge in [0.05, 0.1) is 18.2 Å². The Morgan fingerprint density at radius 2 is 2.15 bits per heavy atom. The van der Waals surface area contributed by atoms with E-state index in [9.17, 15) is 20.0 Å². The van der Waals surface area contributed by atoms with Crippen LogP contribution < -0.4 is 19.6 Å². The van der Waals surface area contributed by atoms with E-state index >= 15 is 0 Å². The summed E-state index contributed by atoms with van der Waals surface area (Å²) in [5, 5.41) is 24.5. The van der Waals surface area contributed by atoms with Crippen LogP contribution in [0.1, 0.15) is 5.56 Å². The summed E-state index contributed by atoms with van der Waals surface area (Å²) in [6.07, 6.45) is 0.297. The van der Waals surface area contributed by atoms with Crippen LogP contribution in [0, 0.1) is 10.1 Å². The molecule has 1 aliphatic heterocycles. The number of nitro groups is 1. The molecule has 0 aromatic heterocycles. The molecule has 27 heavy (non-hydrogen) atoms. The number of benzene rings is 2. The number of aromatic hydroxyl groups is 1. The fourth-order valence-corrected chi connectivity index (χ4v) is 2.37. The molecular weight excluding hydrogens is 358 g/mol. The molecule has 140 valence electrons. The standard InChI is InChI=1S/C17H15N3O7/c1-25-14-7-10(6-11(16(14)21)20(23)24)8-18-19-17(22)15-9-26-12-4-2-3-5-13(12)27-15/h2-8,15,21H,9H2,1H3,(H,19,22)/b18-8+/t15-/m0/s1. The van der Waals surface area contributed by atoms with Crippen molar-refractivity contribution in [2.75, 3.05) is 13.7 Å². The molecule has 1 heterocycles. The van der Waals surface area contributed by atoms with E-state index in [0.29, 0.717) is 11.5 Å². The molecular formula is C17H15N3O7. The summed E-state index contributed by atoms with van der Waals surface area (Å²) in [4.78, 5) is 22.4. The number of amides is 1. The van der Waals surface area contributed by atoms with E-state index in [4.69, 9.17) is 14.2 Å². The van der Waals surface area contributed by atoms with Crippen LogP contribution in [0.2, 0.25) is 0 Å². The molecule has 10 nitrogen and oxygen atoms in total. The zero-order chi connectivity index (χ0) is 19.4. The van der Waals surface area contributed by atoms with E-state index < -0.39 is 28.4 Å². The number of phenolic OH excluding ortho intramolecular Hbond substituents is 1. The number of carbonyl (C=O) groups is 1. The maximum atomic E-state index is 12.1. The molecule has 2 aromatic carbocycles. The molecule has 0 saturated heterocycles. The van der Waals surface area contributed by atoms with Crippen molar-refractivity contribution < 1.29 is 29.0 Å². The number of methoxy groups -OCH3 is 1. The van der Waals surface area contributed by atoms with Crippen LogP contribution in [-0.4, -0.2) is 42.0 Å². The van der Waals surface area contributed by atoms with Gasteiger partial charge in [-0.25, -0.2) is 5.43 Å².